The Labute approximate surface area is 236 Å². The number of carbonyl (C=O) groups is 1. The zero-order valence-electron chi connectivity index (χ0n) is 21.6. The third kappa shape index (κ3) is 5.71. The zero-order valence-corrected chi connectivity index (χ0v) is 24.1. The highest BCUT2D eigenvalue weighted by Crippen LogP contribution is 2.37. The van der Waals surface area contributed by atoms with Crippen LogP contribution < -0.4 is 4.74 Å². The number of amides is 1. The lowest BCUT2D eigenvalue weighted by atomic mass is 10.1. The molecule has 1 heterocycles. The van der Waals surface area contributed by atoms with Gasteiger partial charge in [-0.2, -0.15) is 0 Å². The standard InChI is InChI=1S/C32H29BrN2O2S/c1-4-22(3)35-31(36)30(38-32(35)34-26-15-12-21(2)13-16-26)19-23-14-17-29(28(33)18-23)37-20-25-10-7-9-24-8-5-6-11-27(24)25/h5-19,22H,4,20H2,1-3H3/b30-19+,34-32?/t22-/m1/s1. The number of halogens is 1. The predicted molar refractivity (Wildman–Crippen MR) is 163 cm³/mol. The molecule has 4 aromatic rings. The minimum absolute atomic E-state index is 0.0115. The fraction of sp³-hybridized carbons (Fsp3) is 0.188. The van der Waals surface area contributed by atoms with Crippen molar-refractivity contribution in [3.8, 4) is 5.75 Å². The summed E-state index contributed by atoms with van der Waals surface area (Å²) in [6.45, 7) is 6.67. The fourth-order valence-electron chi connectivity index (χ4n) is 4.31. The lowest BCUT2D eigenvalue weighted by Gasteiger charge is -2.22. The molecule has 1 saturated heterocycles. The van der Waals surface area contributed by atoms with E-state index in [1.807, 2.05) is 65.6 Å². The van der Waals surface area contributed by atoms with E-state index in [4.69, 9.17) is 9.73 Å². The number of nitrogens with zero attached hydrogens (tertiary/aromatic N) is 2. The van der Waals surface area contributed by atoms with Crippen molar-refractivity contribution in [2.45, 2.75) is 39.8 Å². The molecule has 0 saturated carbocycles. The summed E-state index contributed by atoms with van der Waals surface area (Å²) in [7, 11) is 0. The summed E-state index contributed by atoms with van der Waals surface area (Å²) < 4.78 is 7.01. The van der Waals surface area contributed by atoms with E-state index in [1.54, 1.807) is 0 Å². The molecule has 1 fully saturated rings. The van der Waals surface area contributed by atoms with E-state index >= 15 is 0 Å². The van der Waals surface area contributed by atoms with Crippen LogP contribution in [-0.2, 0) is 11.4 Å². The van der Waals surface area contributed by atoms with Gasteiger partial charge in [0.15, 0.2) is 5.17 Å². The van der Waals surface area contributed by atoms with E-state index in [0.717, 1.165) is 33.5 Å². The van der Waals surface area contributed by atoms with Crippen LogP contribution in [0, 0.1) is 6.92 Å². The molecule has 4 aromatic carbocycles. The molecule has 0 unspecified atom stereocenters. The molecule has 0 aliphatic carbocycles. The Morgan fingerprint density at radius 1 is 1.03 bits per heavy atom. The molecule has 0 radical (unpaired) electrons. The van der Waals surface area contributed by atoms with Gasteiger partial charge in [-0.3, -0.25) is 9.69 Å². The van der Waals surface area contributed by atoms with E-state index in [1.165, 1.54) is 28.1 Å². The number of aryl methyl sites for hydroxylation is 1. The number of ether oxygens (including phenoxy) is 1. The first-order valence-electron chi connectivity index (χ1n) is 12.7. The Morgan fingerprint density at radius 2 is 1.79 bits per heavy atom. The van der Waals surface area contributed by atoms with Crippen LogP contribution in [0.2, 0.25) is 0 Å². The third-order valence-electron chi connectivity index (χ3n) is 6.64. The van der Waals surface area contributed by atoms with Crippen LogP contribution in [0.25, 0.3) is 16.8 Å². The zero-order chi connectivity index (χ0) is 26.6. The minimum Gasteiger partial charge on any atom is -0.488 e. The first kappa shape index (κ1) is 26.3. The fourth-order valence-corrected chi connectivity index (χ4v) is 5.92. The van der Waals surface area contributed by atoms with Crippen LogP contribution >= 0.6 is 27.7 Å². The van der Waals surface area contributed by atoms with Crippen LogP contribution in [0.4, 0.5) is 5.69 Å². The van der Waals surface area contributed by atoms with E-state index in [-0.39, 0.29) is 11.9 Å². The summed E-state index contributed by atoms with van der Waals surface area (Å²) >= 11 is 5.09. The number of thioether (sulfide) groups is 1. The topological polar surface area (TPSA) is 41.9 Å². The highest BCUT2D eigenvalue weighted by molar-refractivity contribution is 9.10. The van der Waals surface area contributed by atoms with Gasteiger partial charge in [-0.15, -0.1) is 0 Å². The highest BCUT2D eigenvalue weighted by Gasteiger charge is 2.36. The molecule has 0 N–H and O–H groups in total. The number of carbonyl (C=O) groups excluding carboxylic acids is 1. The summed E-state index contributed by atoms with van der Waals surface area (Å²) in [6, 6.07) is 28.6. The summed E-state index contributed by atoms with van der Waals surface area (Å²) in [5.74, 6) is 0.746. The SMILES string of the molecule is CC[C@@H](C)N1C(=O)/C(=C\c2ccc(OCc3cccc4ccccc34)c(Br)c2)SC1=Nc1ccc(C)cc1. The van der Waals surface area contributed by atoms with E-state index in [0.29, 0.717) is 16.7 Å². The van der Waals surface area contributed by atoms with Crippen molar-refractivity contribution in [2.24, 2.45) is 4.99 Å². The number of hydrogen-bond acceptors (Lipinski definition) is 4. The van der Waals surface area contributed by atoms with Gasteiger partial charge in [-0.1, -0.05) is 73.2 Å². The van der Waals surface area contributed by atoms with Gasteiger partial charge in [0.05, 0.1) is 15.1 Å². The molecular formula is C32H29BrN2O2S. The van der Waals surface area contributed by atoms with E-state index in [2.05, 4.69) is 67.0 Å². The second kappa shape index (κ2) is 11.6. The molecule has 4 nitrogen and oxygen atoms in total. The van der Waals surface area contributed by atoms with Crippen molar-refractivity contribution >= 4 is 61.3 Å². The lowest BCUT2D eigenvalue weighted by molar-refractivity contribution is -0.123. The molecule has 0 spiro atoms. The Balaban J connectivity index is 1.36. The lowest BCUT2D eigenvalue weighted by Crippen LogP contribution is -2.36. The molecular weight excluding hydrogens is 556 g/mol. The van der Waals surface area contributed by atoms with Gasteiger partial charge >= 0.3 is 0 Å². The van der Waals surface area contributed by atoms with Gasteiger partial charge in [0.25, 0.3) is 5.91 Å². The number of fused-ring (bicyclic) bond motifs is 1. The summed E-state index contributed by atoms with van der Waals surface area (Å²) in [4.78, 5) is 20.7. The second-order valence-electron chi connectivity index (χ2n) is 9.39. The first-order valence-corrected chi connectivity index (χ1v) is 14.3. The van der Waals surface area contributed by atoms with Crippen LogP contribution in [-0.4, -0.2) is 22.0 Å². The summed E-state index contributed by atoms with van der Waals surface area (Å²) in [5, 5.41) is 3.11. The molecule has 5 rings (SSSR count). The first-order chi connectivity index (χ1) is 18.4. The Kier molecular flexibility index (Phi) is 8.01. The van der Waals surface area contributed by atoms with Gasteiger partial charge in [-0.25, -0.2) is 4.99 Å². The van der Waals surface area contributed by atoms with Crippen molar-refractivity contribution < 1.29 is 9.53 Å². The van der Waals surface area contributed by atoms with Crippen molar-refractivity contribution in [1.29, 1.82) is 0 Å². The van der Waals surface area contributed by atoms with E-state index < -0.39 is 0 Å². The van der Waals surface area contributed by atoms with Crippen molar-refractivity contribution in [3.63, 3.8) is 0 Å². The number of amidine groups is 1. The molecule has 6 heteroatoms. The average molecular weight is 586 g/mol. The van der Waals surface area contributed by atoms with Gasteiger partial charge < -0.3 is 4.74 Å². The number of benzene rings is 4. The number of aliphatic imine (C=N–C) groups is 1. The Hall–Kier alpha value is -3.35. The number of hydrogen-bond donors (Lipinski definition) is 0. The van der Waals surface area contributed by atoms with Gasteiger partial charge in [0.1, 0.15) is 12.4 Å². The molecule has 1 atom stereocenters. The third-order valence-corrected chi connectivity index (χ3v) is 8.25. The quantitative estimate of drug-likeness (QED) is 0.204. The van der Waals surface area contributed by atoms with Crippen LogP contribution in [0.1, 0.15) is 37.0 Å². The van der Waals surface area contributed by atoms with Gasteiger partial charge in [-0.05, 0) is 100 Å². The van der Waals surface area contributed by atoms with Gasteiger partial charge in [0, 0.05) is 6.04 Å². The highest BCUT2D eigenvalue weighted by atomic mass is 79.9. The Morgan fingerprint density at radius 3 is 2.55 bits per heavy atom. The minimum atomic E-state index is -0.0115. The molecule has 1 aliphatic rings. The smallest absolute Gasteiger partial charge is 0.266 e. The van der Waals surface area contributed by atoms with E-state index in [9.17, 15) is 4.79 Å². The maximum Gasteiger partial charge on any atom is 0.266 e. The predicted octanol–water partition coefficient (Wildman–Crippen LogP) is 8.89. The molecule has 0 bridgehead atoms. The molecule has 38 heavy (non-hydrogen) atoms. The van der Waals surface area contributed by atoms with Gasteiger partial charge in [0.2, 0.25) is 0 Å². The van der Waals surface area contributed by atoms with Crippen LogP contribution in [0.5, 0.6) is 5.75 Å². The normalized spacial score (nSPS) is 16.5. The molecule has 0 aromatic heterocycles. The van der Waals surface area contributed by atoms with Crippen LogP contribution in [0.3, 0.4) is 0 Å². The largest absolute Gasteiger partial charge is 0.488 e. The monoisotopic (exact) mass is 584 g/mol. The second-order valence-corrected chi connectivity index (χ2v) is 11.3. The maximum absolute atomic E-state index is 13.4. The summed E-state index contributed by atoms with van der Waals surface area (Å²) in [5.41, 5.74) is 4.08. The summed E-state index contributed by atoms with van der Waals surface area (Å²) in [6.07, 6.45) is 2.78. The van der Waals surface area contributed by atoms with Crippen molar-refractivity contribution in [1.82, 2.24) is 4.90 Å². The number of rotatable bonds is 7. The van der Waals surface area contributed by atoms with Crippen LogP contribution in [0.15, 0.2) is 99.3 Å². The van der Waals surface area contributed by atoms with Crippen molar-refractivity contribution in [3.05, 3.63) is 111 Å². The molecule has 192 valence electrons. The molecule has 1 amide bonds. The maximum atomic E-state index is 13.4. The van der Waals surface area contributed by atoms with Crippen molar-refractivity contribution in [2.75, 3.05) is 0 Å². The Bertz CT molecular complexity index is 1540. The molecule has 1 aliphatic heterocycles. The average Bonchev–Trinajstić information content (AvgIpc) is 3.23.